The van der Waals surface area contributed by atoms with E-state index in [1.54, 1.807) is 7.11 Å². The quantitative estimate of drug-likeness (QED) is 0.872. The molecule has 100 valence electrons. The van der Waals surface area contributed by atoms with E-state index in [2.05, 4.69) is 6.07 Å². The number of rotatable bonds is 5. The predicted octanol–water partition coefficient (Wildman–Crippen LogP) is 2.52. The molecular formula is C15H23NO2. The van der Waals surface area contributed by atoms with Gasteiger partial charge in [0.25, 0.3) is 0 Å². The number of methoxy groups -OCH3 is 1. The minimum Gasteiger partial charge on any atom is -0.496 e. The maximum absolute atomic E-state index is 6.22. The maximum Gasteiger partial charge on any atom is 0.122 e. The van der Waals surface area contributed by atoms with Crippen molar-refractivity contribution >= 4 is 0 Å². The first-order chi connectivity index (χ1) is 8.79. The third kappa shape index (κ3) is 3.72. The number of para-hydroxylation sites is 1. The number of hydrogen-bond donors (Lipinski definition) is 1. The van der Waals surface area contributed by atoms with E-state index in [4.69, 9.17) is 15.2 Å². The fourth-order valence-corrected chi connectivity index (χ4v) is 2.57. The fraction of sp³-hybridized carbons (Fsp3) is 0.600. The van der Waals surface area contributed by atoms with Gasteiger partial charge in [-0.25, -0.2) is 0 Å². The maximum atomic E-state index is 6.22. The SMILES string of the molecule is COc1ccccc1CC(N)CC1CCCCO1. The summed E-state index contributed by atoms with van der Waals surface area (Å²) in [7, 11) is 1.70. The molecule has 2 N–H and O–H groups in total. The molecule has 0 bridgehead atoms. The van der Waals surface area contributed by atoms with Gasteiger partial charge in [-0.05, 0) is 43.7 Å². The number of benzene rings is 1. The van der Waals surface area contributed by atoms with E-state index >= 15 is 0 Å². The summed E-state index contributed by atoms with van der Waals surface area (Å²) >= 11 is 0. The Balaban J connectivity index is 1.87. The minimum absolute atomic E-state index is 0.143. The molecule has 3 nitrogen and oxygen atoms in total. The smallest absolute Gasteiger partial charge is 0.122 e. The lowest BCUT2D eigenvalue weighted by Gasteiger charge is -2.25. The summed E-state index contributed by atoms with van der Waals surface area (Å²) in [4.78, 5) is 0. The summed E-state index contributed by atoms with van der Waals surface area (Å²) < 4.78 is 11.1. The van der Waals surface area contributed by atoms with Crippen LogP contribution in [0.4, 0.5) is 0 Å². The van der Waals surface area contributed by atoms with Crippen LogP contribution in [0.1, 0.15) is 31.2 Å². The first-order valence-electron chi connectivity index (χ1n) is 6.78. The van der Waals surface area contributed by atoms with Crippen LogP contribution in [0.2, 0.25) is 0 Å². The van der Waals surface area contributed by atoms with Crippen LogP contribution in [-0.2, 0) is 11.2 Å². The van der Waals surface area contributed by atoms with Gasteiger partial charge in [0.1, 0.15) is 5.75 Å². The van der Waals surface area contributed by atoms with Gasteiger partial charge in [-0.2, -0.15) is 0 Å². The van der Waals surface area contributed by atoms with Gasteiger partial charge < -0.3 is 15.2 Å². The Morgan fingerprint density at radius 1 is 1.39 bits per heavy atom. The Hall–Kier alpha value is -1.06. The number of hydrogen-bond acceptors (Lipinski definition) is 3. The molecule has 2 unspecified atom stereocenters. The summed E-state index contributed by atoms with van der Waals surface area (Å²) in [5.74, 6) is 0.928. The second kappa shape index (κ2) is 6.76. The Morgan fingerprint density at radius 2 is 2.22 bits per heavy atom. The minimum atomic E-state index is 0.143. The Kier molecular flexibility index (Phi) is 5.02. The van der Waals surface area contributed by atoms with Gasteiger partial charge in [0.15, 0.2) is 0 Å². The standard InChI is InChI=1S/C15H23NO2/c1-17-15-8-3-2-6-12(15)10-13(16)11-14-7-4-5-9-18-14/h2-3,6,8,13-14H,4-5,7,9-11,16H2,1H3. The van der Waals surface area contributed by atoms with Crippen molar-refractivity contribution in [3.05, 3.63) is 29.8 Å². The van der Waals surface area contributed by atoms with Crippen molar-refractivity contribution in [2.24, 2.45) is 5.73 Å². The molecule has 3 heteroatoms. The molecule has 1 aromatic carbocycles. The number of ether oxygens (including phenoxy) is 2. The van der Waals surface area contributed by atoms with Gasteiger partial charge >= 0.3 is 0 Å². The summed E-state index contributed by atoms with van der Waals surface area (Å²) in [6, 6.07) is 8.23. The van der Waals surface area contributed by atoms with Gasteiger partial charge in [0.05, 0.1) is 13.2 Å². The van der Waals surface area contributed by atoms with Crippen LogP contribution in [0.25, 0.3) is 0 Å². The Bertz CT molecular complexity index is 361. The van der Waals surface area contributed by atoms with E-state index in [0.29, 0.717) is 6.10 Å². The molecule has 0 amide bonds. The van der Waals surface area contributed by atoms with Crippen molar-refractivity contribution in [1.82, 2.24) is 0 Å². The summed E-state index contributed by atoms with van der Waals surface area (Å²) in [6.45, 7) is 0.895. The fourth-order valence-electron chi connectivity index (χ4n) is 2.57. The normalized spacial score (nSPS) is 21.6. The van der Waals surface area contributed by atoms with Crippen molar-refractivity contribution in [3.8, 4) is 5.75 Å². The summed E-state index contributed by atoms with van der Waals surface area (Å²) in [6.07, 6.45) is 5.76. The molecule has 1 saturated heterocycles. The third-order valence-corrected chi connectivity index (χ3v) is 3.51. The molecule has 0 aromatic heterocycles. The molecule has 0 spiro atoms. The van der Waals surface area contributed by atoms with E-state index in [0.717, 1.165) is 31.6 Å². The average molecular weight is 249 g/mol. The molecule has 1 aromatic rings. The van der Waals surface area contributed by atoms with Crippen molar-refractivity contribution in [2.45, 2.75) is 44.2 Å². The van der Waals surface area contributed by atoms with Crippen molar-refractivity contribution in [2.75, 3.05) is 13.7 Å². The van der Waals surface area contributed by atoms with Crippen LogP contribution in [0.3, 0.4) is 0 Å². The molecule has 1 aliphatic heterocycles. The largest absolute Gasteiger partial charge is 0.496 e. The average Bonchev–Trinajstić information content (AvgIpc) is 2.40. The molecule has 1 heterocycles. The van der Waals surface area contributed by atoms with Crippen molar-refractivity contribution < 1.29 is 9.47 Å². The molecule has 2 atom stereocenters. The van der Waals surface area contributed by atoms with Crippen LogP contribution in [-0.4, -0.2) is 25.9 Å². The highest BCUT2D eigenvalue weighted by atomic mass is 16.5. The molecule has 0 saturated carbocycles. The lowest BCUT2D eigenvalue weighted by atomic mass is 9.97. The van der Waals surface area contributed by atoms with E-state index in [1.165, 1.54) is 18.4 Å². The second-order valence-electron chi connectivity index (χ2n) is 5.00. The molecular weight excluding hydrogens is 226 g/mol. The van der Waals surface area contributed by atoms with Crippen LogP contribution in [0.5, 0.6) is 5.75 Å². The molecule has 2 rings (SSSR count). The second-order valence-corrected chi connectivity index (χ2v) is 5.00. The van der Waals surface area contributed by atoms with E-state index < -0.39 is 0 Å². The Labute approximate surface area is 109 Å². The first kappa shape index (κ1) is 13.4. The van der Waals surface area contributed by atoms with Gasteiger partial charge in [0.2, 0.25) is 0 Å². The molecule has 0 radical (unpaired) electrons. The van der Waals surface area contributed by atoms with E-state index in [1.807, 2.05) is 18.2 Å². The highest BCUT2D eigenvalue weighted by molar-refractivity contribution is 5.33. The van der Waals surface area contributed by atoms with E-state index in [-0.39, 0.29) is 6.04 Å². The highest BCUT2D eigenvalue weighted by Gasteiger charge is 2.18. The zero-order chi connectivity index (χ0) is 12.8. The summed E-state index contributed by atoms with van der Waals surface area (Å²) in [5.41, 5.74) is 7.41. The molecule has 18 heavy (non-hydrogen) atoms. The van der Waals surface area contributed by atoms with E-state index in [9.17, 15) is 0 Å². The van der Waals surface area contributed by atoms with Crippen molar-refractivity contribution in [3.63, 3.8) is 0 Å². The lowest BCUT2D eigenvalue weighted by molar-refractivity contribution is 0.00744. The third-order valence-electron chi connectivity index (χ3n) is 3.51. The first-order valence-corrected chi connectivity index (χ1v) is 6.78. The van der Waals surface area contributed by atoms with Crippen LogP contribution < -0.4 is 10.5 Å². The van der Waals surface area contributed by atoms with Gasteiger partial charge in [-0.15, -0.1) is 0 Å². The molecule has 1 aliphatic rings. The number of nitrogens with two attached hydrogens (primary N) is 1. The summed E-state index contributed by atoms with van der Waals surface area (Å²) in [5, 5.41) is 0. The highest BCUT2D eigenvalue weighted by Crippen LogP contribution is 2.22. The van der Waals surface area contributed by atoms with Gasteiger partial charge in [-0.1, -0.05) is 18.2 Å². The van der Waals surface area contributed by atoms with Crippen LogP contribution in [0, 0.1) is 0 Å². The monoisotopic (exact) mass is 249 g/mol. The molecule has 0 aliphatic carbocycles. The zero-order valence-corrected chi connectivity index (χ0v) is 11.1. The zero-order valence-electron chi connectivity index (χ0n) is 11.1. The van der Waals surface area contributed by atoms with Gasteiger partial charge in [0, 0.05) is 12.6 Å². The Morgan fingerprint density at radius 3 is 2.94 bits per heavy atom. The van der Waals surface area contributed by atoms with Crippen molar-refractivity contribution in [1.29, 1.82) is 0 Å². The topological polar surface area (TPSA) is 44.5 Å². The van der Waals surface area contributed by atoms with Crippen LogP contribution in [0.15, 0.2) is 24.3 Å². The lowest BCUT2D eigenvalue weighted by Crippen LogP contribution is -2.31. The molecule has 1 fully saturated rings. The van der Waals surface area contributed by atoms with Crippen LogP contribution >= 0.6 is 0 Å². The van der Waals surface area contributed by atoms with Gasteiger partial charge in [-0.3, -0.25) is 0 Å². The predicted molar refractivity (Wildman–Crippen MR) is 72.9 cm³/mol.